The number of nitrogens with one attached hydrogen (secondary N) is 2. The lowest BCUT2D eigenvalue weighted by Crippen LogP contribution is -2.22. The molecule has 158 valence electrons. The van der Waals surface area contributed by atoms with Gasteiger partial charge in [0.05, 0.1) is 10.1 Å². The molecule has 0 spiro atoms. The van der Waals surface area contributed by atoms with E-state index in [1.165, 1.54) is 47.4 Å². The fourth-order valence-corrected chi connectivity index (χ4v) is 5.11. The molecule has 0 fully saturated rings. The molecule has 0 aliphatic heterocycles. The molecule has 3 rings (SSSR count). The summed E-state index contributed by atoms with van der Waals surface area (Å²) in [5.41, 5.74) is 7.31. The number of benzene rings is 1. The van der Waals surface area contributed by atoms with Gasteiger partial charge >= 0.3 is 0 Å². The summed E-state index contributed by atoms with van der Waals surface area (Å²) in [7, 11) is -3.86. The number of amides is 1. The van der Waals surface area contributed by atoms with Gasteiger partial charge in [-0.15, -0.1) is 10.2 Å². The van der Waals surface area contributed by atoms with Crippen molar-refractivity contribution in [2.45, 2.75) is 35.3 Å². The van der Waals surface area contributed by atoms with E-state index in [9.17, 15) is 13.2 Å². The third kappa shape index (κ3) is 5.64. The minimum Gasteiger partial charge on any atom is -0.374 e. The van der Waals surface area contributed by atoms with Gasteiger partial charge in [0.15, 0.2) is 4.34 Å². The first-order valence-corrected chi connectivity index (χ1v) is 11.8. The van der Waals surface area contributed by atoms with Crippen LogP contribution in [-0.4, -0.2) is 39.7 Å². The quantitative estimate of drug-likeness (QED) is 0.446. The topological polar surface area (TPSA) is 153 Å². The molecular weight excluding hydrogens is 446 g/mol. The number of hydrogen-bond acceptors (Lipinski definition) is 10. The van der Waals surface area contributed by atoms with E-state index in [4.69, 9.17) is 5.73 Å². The SMILES string of the molecule is Cc1cc(C)nc(NS(=O)(=O)c2ccc(NC(=O)C(C)Sc3nnc(N)s3)cc2)n1. The van der Waals surface area contributed by atoms with Crippen molar-refractivity contribution in [3.63, 3.8) is 0 Å². The Morgan fingerprint density at radius 3 is 2.33 bits per heavy atom. The van der Waals surface area contributed by atoms with E-state index >= 15 is 0 Å². The number of aromatic nitrogens is 4. The van der Waals surface area contributed by atoms with Crippen molar-refractivity contribution in [3.05, 3.63) is 41.7 Å². The first-order chi connectivity index (χ1) is 14.1. The normalized spacial score (nSPS) is 12.4. The number of carbonyl (C=O) groups excluding carboxylic acids is 1. The minimum atomic E-state index is -3.86. The Kier molecular flexibility index (Phi) is 6.53. The first kappa shape index (κ1) is 21.9. The number of anilines is 3. The van der Waals surface area contributed by atoms with Crippen molar-refractivity contribution in [1.29, 1.82) is 0 Å². The van der Waals surface area contributed by atoms with Crippen LogP contribution in [0.5, 0.6) is 0 Å². The molecule has 0 saturated heterocycles. The Morgan fingerprint density at radius 2 is 1.77 bits per heavy atom. The average molecular weight is 466 g/mol. The molecule has 1 unspecified atom stereocenters. The molecule has 13 heteroatoms. The minimum absolute atomic E-state index is 0.00745. The van der Waals surface area contributed by atoms with Crippen LogP contribution >= 0.6 is 23.1 Å². The van der Waals surface area contributed by atoms with Crippen LogP contribution in [0.25, 0.3) is 0 Å². The second-order valence-corrected chi connectivity index (χ2v) is 10.5. The molecule has 0 bridgehead atoms. The van der Waals surface area contributed by atoms with Crippen LogP contribution in [0, 0.1) is 13.8 Å². The highest BCUT2D eigenvalue weighted by atomic mass is 32.2. The van der Waals surface area contributed by atoms with Gasteiger partial charge in [-0.2, -0.15) is 0 Å². The number of sulfonamides is 1. The molecule has 30 heavy (non-hydrogen) atoms. The second-order valence-electron chi connectivity index (χ2n) is 6.26. The van der Waals surface area contributed by atoms with Crippen molar-refractivity contribution >= 4 is 55.8 Å². The van der Waals surface area contributed by atoms with Gasteiger partial charge in [-0.1, -0.05) is 23.1 Å². The molecule has 10 nitrogen and oxygen atoms in total. The van der Waals surface area contributed by atoms with Crippen molar-refractivity contribution in [3.8, 4) is 0 Å². The van der Waals surface area contributed by atoms with Crippen LogP contribution < -0.4 is 15.8 Å². The van der Waals surface area contributed by atoms with Crippen molar-refractivity contribution in [1.82, 2.24) is 20.2 Å². The summed E-state index contributed by atoms with van der Waals surface area (Å²) in [6.07, 6.45) is 0. The first-order valence-electron chi connectivity index (χ1n) is 8.64. The van der Waals surface area contributed by atoms with Gasteiger partial charge in [0.25, 0.3) is 10.0 Å². The summed E-state index contributed by atoms with van der Waals surface area (Å²) in [6, 6.07) is 7.55. The molecule has 0 radical (unpaired) electrons. The number of aryl methyl sites for hydroxylation is 2. The molecule has 3 aromatic rings. The predicted molar refractivity (Wildman–Crippen MR) is 117 cm³/mol. The average Bonchev–Trinajstić information content (AvgIpc) is 3.05. The van der Waals surface area contributed by atoms with Crippen LogP contribution in [0.2, 0.25) is 0 Å². The Labute approximate surface area is 181 Å². The van der Waals surface area contributed by atoms with Gasteiger partial charge in [0.1, 0.15) is 0 Å². The predicted octanol–water partition coefficient (Wildman–Crippen LogP) is 2.45. The Morgan fingerprint density at radius 1 is 1.13 bits per heavy atom. The summed E-state index contributed by atoms with van der Waals surface area (Å²) < 4.78 is 28.1. The van der Waals surface area contributed by atoms with Crippen molar-refractivity contribution < 1.29 is 13.2 Å². The maximum atomic E-state index is 12.6. The zero-order chi connectivity index (χ0) is 21.9. The summed E-state index contributed by atoms with van der Waals surface area (Å²) in [4.78, 5) is 20.5. The molecular formula is C17H19N7O3S3. The fourth-order valence-electron chi connectivity index (χ4n) is 2.38. The highest BCUT2D eigenvalue weighted by Crippen LogP contribution is 2.28. The van der Waals surface area contributed by atoms with Crippen molar-refractivity contribution in [2.24, 2.45) is 0 Å². The summed E-state index contributed by atoms with van der Waals surface area (Å²) in [5, 5.41) is 10.2. The number of carbonyl (C=O) groups is 1. The summed E-state index contributed by atoms with van der Waals surface area (Å²) in [6.45, 7) is 5.23. The third-order valence-corrected chi connectivity index (χ3v) is 6.99. The van der Waals surface area contributed by atoms with Gasteiger partial charge in [-0.05, 0) is 51.1 Å². The van der Waals surface area contributed by atoms with Crippen LogP contribution in [0.15, 0.2) is 39.6 Å². The molecule has 4 N–H and O–H groups in total. The van der Waals surface area contributed by atoms with Gasteiger partial charge in [0.2, 0.25) is 17.0 Å². The van der Waals surface area contributed by atoms with Gasteiger partial charge < -0.3 is 11.1 Å². The molecule has 1 atom stereocenters. The lowest BCUT2D eigenvalue weighted by Gasteiger charge is -2.11. The second kappa shape index (κ2) is 8.93. The van der Waals surface area contributed by atoms with Gasteiger partial charge in [-0.25, -0.2) is 23.1 Å². The maximum absolute atomic E-state index is 12.6. The monoisotopic (exact) mass is 465 g/mol. The molecule has 2 heterocycles. The van der Waals surface area contributed by atoms with Crippen LogP contribution in [-0.2, 0) is 14.8 Å². The van der Waals surface area contributed by atoms with Gasteiger partial charge in [0, 0.05) is 17.1 Å². The van der Waals surface area contributed by atoms with Crippen LogP contribution in [0.4, 0.5) is 16.8 Å². The Hall–Kier alpha value is -2.77. The lowest BCUT2D eigenvalue weighted by atomic mass is 10.3. The maximum Gasteiger partial charge on any atom is 0.264 e. The van der Waals surface area contributed by atoms with E-state index in [0.717, 1.165) is 0 Å². The van der Waals surface area contributed by atoms with Gasteiger partial charge in [-0.3, -0.25) is 4.79 Å². The molecule has 1 amide bonds. The zero-order valence-electron chi connectivity index (χ0n) is 16.3. The molecule has 0 aliphatic rings. The number of nitrogens with two attached hydrogens (primary N) is 1. The van der Waals surface area contributed by atoms with Crippen molar-refractivity contribution in [2.75, 3.05) is 15.8 Å². The molecule has 2 aromatic heterocycles. The smallest absolute Gasteiger partial charge is 0.264 e. The Bertz CT molecular complexity index is 1140. The standard InChI is InChI=1S/C17H19N7O3S3/c1-9-8-10(2)20-16(19-9)24-30(26,27)13-6-4-12(5-7-13)21-14(25)11(3)28-17-23-22-15(18)29-17/h4-8,11H,1-3H3,(H2,18,22)(H,21,25)(H,19,20,24). The molecule has 1 aromatic carbocycles. The van der Waals surface area contributed by atoms with Crippen LogP contribution in [0.1, 0.15) is 18.3 Å². The number of nitrogens with zero attached hydrogens (tertiary/aromatic N) is 4. The molecule has 0 saturated carbocycles. The third-order valence-electron chi connectivity index (χ3n) is 3.71. The van der Waals surface area contributed by atoms with E-state index in [1.807, 2.05) is 0 Å². The number of hydrogen-bond donors (Lipinski definition) is 3. The summed E-state index contributed by atoms with van der Waals surface area (Å²) in [5.74, 6) is -0.251. The Balaban J connectivity index is 1.65. The number of nitrogen functional groups attached to an aromatic ring is 1. The van der Waals surface area contributed by atoms with E-state index in [-0.39, 0.29) is 16.8 Å². The summed E-state index contributed by atoms with van der Waals surface area (Å²) >= 11 is 2.44. The zero-order valence-corrected chi connectivity index (χ0v) is 18.7. The number of thioether (sulfide) groups is 1. The van der Waals surface area contributed by atoms with Crippen LogP contribution in [0.3, 0.4) is 0 Å². The van der Waals surface area contributed by atoms with E-state index in [1.54, 1.807) is 26.8 Å². The number of rotatable bonds is 7. The van der Waals surface area contributed by atoms with E-state index in [0.29, 0.717) is 26.5 Å². The highest BCUT2D eigenvalue weighted by Gasteiger charge is 2.19. The largest absolute Gasteiger partial charge is 0.374 e. The molecule has 0 aliphatic carbocycles. The lowest BCUT2D eigenvalue weighted by molar-refractivity contribution is -0.115. The fraction of sp³-hybridized carbons (Fsp3) is 0.235. The highest BCUT2D eigenvalue weighted by molar-refractivity contribution is 8.02. The van der Waals surface area contributed by atoms with E-state index in [2.05, 4.69) is 30.2 Å². The van der Waals surface area contributed by atoms with E-state index < -0.39 is 15.3 Å².